The van der Waals surface area contributed by atoms with E-state index in [-0.39, 0.29) is 12.1 Å². The summed E-state index contributed by atoms with van der Waals surface area (Å²) < 4.78 is 11.8. The number of aryl methyl sites for hydroxylation is 1. The van der Waals surface area contributed by atoms with E-state index in [0.717, 1.165) is 49.9 Å². The second-order valence-corrected chi connectivity index (χ2v) is 9.38. The van der Waals surface area contributed by atoms with Crippen molar-refractivity contribution in [3.8, 4) is 0 Å². The van der Waals surface area contributed by atoms with Crippen molar-refractivity contribution in [1.82, 2.24) is 15.1 Å². The summed E-state index contributed by atoms with van der Waals surface area (Å²) in [6.07, 6.45) is 4.10. The van der Waals surface area contributed by atoms with E-state index < -0.39 is 5.41 Å². The standard InChI is InChI=1S/C27H31N3O3/c1-19-28-29-26(32-19)27(22-9-5-3-6-10-22,23-11-7-4-8-12-23)15-16-30-18-21-13-14-24(30)17-25(21)33-20(2)31/h3-12,21,24-25H,13-18H2,1-2H3. The molecule has 0 amide bonds. The van der Waals surface area contributed by atoms with Crippen LogP contribution in [0.3, 0.4) is 0 Å². The van der Waals surface area contributed by atoms with Gasteiger partial charge in [0.1, 0.15) is 6.10 Å². The molecule has 1 saturated carbocycles. The van der Waals surface area contributed by atoms with Gasteiger partial charge in [0.05, 0.1) is 5.41 Å². The number of ether oxygens (including phenoxy) is 1. The van der Waals surface area contributed by atoms with Crippen LogP contribution in [-0.2, 0) is 14.9 Å². The Morgan fingerprint density at radius 3 is 2.24 bits per heavy atom. The Hall–Kier alpha value is -2.99. The number of hydrogen-bond donors (Lipinski definition) is 0. The third kappa shape index (κ3) is 4.20. The Balaban J connectivity index is 1.48. The lowest BCUT2D eigenvalue weighted by atomic mass is 9.71. The maximum atomic E-state index is 11.5. The van der Waals surface area contributed by atoms with E-state index in [1.165, 1.54) is 6.92 Å². The number of nitrogens with zero attached hydrogens (tertiary/aromatic N) is 3. The normalized spacial score (nSPS) is 22.9. The van der Waals surface area contributed by atoms with Crippen LogP contribution < -0.4 is 0 Å². The molecule has 3 heterocycles. The summed E-state index contributed by atoms with van der Waals surface area (Å²) in [5.41, 5.74) is 1.77. The zero-order valence-electron chi connectivity index (χ0n) is 19.3. The smallest absolute Gasteiger partial charge is 0.302 e. The van der Waals surface area contributed by atoms with Crippen LogP contribution in [0.15, 0.2) is 65.1 Å². The molecule has 3 aliphatic rings. The van der Waals surface area contributed by atoms with E-state index in [4.69, 9.17) is 9.15 Å². The number of piperidine rings is 2. The van der Waals surface area contributed by atoms with Gasteiger partial charge < -0.3 is 9.15 Å². The molecule has 0 spiro atoms. The largest absolute Gasteiger partial charge is 0.462 e. The number of carbonyl (C=O) groups is 1. The fourth-order valence-corrected chi connectivity index (χ4v) is 5.83. The van der Waals surface area contributed by atoms with Crippen LogP contribution in [0.5, 0.6) is 0 Å². The first-order chi connectivity index (χ1) is 16.1. The highest BCUT2D eigenvalue weighted by Gasteiger charge is 2.45. The molecule has 6 heteroatoms. The predicted molar refractivity (Wildman–Crippen MR) is 125 cm³/mol. The van der Waals surface area contributed by atoms with Gasteiger partial charge in [-0.05, 0) is 30.4 Å². The van der Waals surface area contributed by atoms with Gasteiger partial charge in [0.2, 0.25) is 11.8 Å². The number of esters is 1. The van der Waals surface area contributed by atoms with Gasteiger partial charge in [0.25, 0.3) is 0 Å². The SMILES string of the molecule is CC(=O)OC1CC2CCC1CN2CCC(c1ccccc1)(c1ccccc1)c1nnc(C)o1. The second kappa shape index (κ2) is 9.10. The van der Waals surface area contributed by atoms with Crippen molar-refractivity contribution in [2.24, 2.45) is 5.92 Å². The highest BCUT2D eigenvalue weighted by atomic mass is 16.5. The average molecular weight is 446 g/mol. The zero-order valence-corrected chi connectivity index (χ0v) is 19.3. The van der Waals surface area contributed by atoms with Crippen molar-refractivity contribution in [1.29, 1.82) is 0 Å². The quantitative estimate of drug-likeness (QED) is 0.498. The van der Waals surface area contributed by atoms with Crippen LogP contribution in [0, 0.1) is 12.8 Å². The Morgan fingerprint density at radius 2 is 1.73 bits per heavy atom. The van der Waals surface area contributed by atoms with Crippen LogP contribution in [-0.4, -0.2) is 46.3 Å². The molecule has 2 aliphatic heterocycles. The summed E-state index contributed by atoms with van der Waals surface area (Å²) in [7, 11) is 0. The molecule has 6 rings (SSSR count). The highest BCUT2D eigenvalue weighted by molar-refractivity contribution is 5.66. The van der Waals surface area contributed by atoms with Crippen molar-refractivity contribution < 1.29 is 13.9 Å². The van der Waals surface area contributed by atoms with Crippen molar-refractivity contribution >= 4 is 5.97 Å². The van der Waals surface area contributed by atoms with Gasteiger partial charge >= 0.3 is 5.97 Å². The molecule has 2 saturated heterocycles. The van der Waals surface area contributed by atoms with E-state index in [0.29, 0.717) is 23.7 Å². The monoisotopic (exact) mass is 445 g/mol. The molecule has 1 aromatic heterocycles. The molecule has 3 atom stereocenters. The summed E-state index contributed by atoms with van der Waals surface area (Å²) >= 11 is 0. The maximum absolute atomic E-state index is 11.5. The Labute approximate surface area is 195 Å². The molecule has 3 fully saturated rings. The molecule has 2 aromatic carbocycles. The third-order valence-electron chi connectivity index (χ3n) is 7.40. The molecule has 0 radical (unpaired) electrons. The van der Waals surface area contributed by atoms with Gasteiger partial charge in [-0.3, -0.25) is 9.69 Å². The second-order valence-electron chi connectivity index (χ2n) is 9.38. The number of hydrogen-bond acceptors (Lipinski definition) is 6. The fraction of sp³-hybridized carbons (Fsp3) is 0.444. The number of fused-ring (bicyclic) bond motifs is 3. The number of rotatable bonds is 7. The van der Waals surface area contributed by atoms with Crippen molar-refractivity contribution in [3.63, 3.8) is 0 Å². The molecule has 3 aromatic rings. The summed E-state index contributed by atoms with van der Waals surface area (Å²) in [6.45, 7) is 5.22. The minimum absolute atomic E-state index is 0.0593. The van der Waals surface area contributed by atoms with Crippen LogP contribution >= 0.6 is 0 Å². The van der Waals surface area contributed by atoms with Gasteiger partial charge in [-0.2, -0.15) is 0 Å². The zero-order chi connectivity index (χ0) is 22.8. The van der Waals surface area contributed by atoms with Crippen molar-refractivity contribution in [2.75, 3.05) is 13.1 Å². The third-order valence-corrected chi connectivity index (χ3v) is 7.40. The molecule has 1 aliphatic carbocycles. The van der Waals surface area contributed by atoms with Gasteiger partial charge in [-0.1, -0.05) is 60.7 Å². The summed E-state index contributed by atoms with van der Waals surface area (Å²) in [6, 6.07) is 21.4. The van der Waals surface area contributed by atoms with Crippen LogP contribution in [0.1, 0.15) is 55.5 Å². The summed E-state index contributed by atoms with van der Waals surface area (Å²) in [4.78, 5) is 14.1. The van der Waals surface area contributed by atoms with E-state index in [9.17, 15) is 4.79 Å². The van der Waals surface area contributed by atoms with E-state index >= 15 is 0 Å². The van der Waals surface area contributed by atoms with Crippen molar-refractivity contribution in [3.05, 3.63) is 83.6 Å². The van der Waals surface area contributed by atoms with Gasteiger partial charge in [-0.25, -0.2) is 0 Å². The lowest BCUT2D eigenvalue weighted by Gasteiger charge is -2.49. The molecule has 172 valence electrons. The summed E-state index contributed by atoms with van der Waals surface area (Å²) in [5.74, 6) is 1.45. The Morgan fingerprint density at radius 1 is 1.06 bits per heavy atom. The topological polar surface area (TPSA) is 68.5 Å². The molecule has 33 heavy (non-hydrogen) atoms. The Bertz CT molecular complexity index is 1040. The Kier molecular flexibility index (Phi) is 6.02. The molecule has 3 unspecified atom stereocenters. The molecule has 2 bridgehead atoms. The van der Waals surface area contributed by atoms with Gasteiger partial charge in [-0.15, -0.1) is 10.2 Å². The van der Waals surface area contributed by atoms with E-state index in [1.807, 2.05) is 19.1 Å². The van der Waals surface area contributed by atoms with Crippen molar-refractivity contribution in [2.45, 2.75) is 57.1 Å². The van der Waals surface area contributed by atoms with Crippen LogP contribution in [0.25, 0.3) is 0 Å². The lowest BCUT2D eigenvalue weighted by Crippen LogP contribution is -2.55. The lowest BCUT2D eigenvalue weighted by molar-refractivity contribution is -0.158. The van der Waals surface area contributed by atoms with Gasteiger partial charge in [0, 0.05) is 45.3 Å². The minimum atomic E-state index is -0.532. The van der Waals surface area contributed by atoms with E-state index in [1.54, 1.807) is 0 Å². The predicted octanol–water partition coefficient (Wildman–Crippen LogP) is 4.52. The van der Waals surface area contributed by atoms with Crippen LogP contribution in [0.2, 0.25) is 0 Å². The molecular formula is C27H31N3O3. The first kappa shape index (κ1) is 21.8. The highest BCUT2D eigenvalue weighted by Crippen LogP contribution is 2.43. The first-order valence-electron chi connectivity index (χ1n) is 11.9. The number of carbonyl (C=O) groups excluding carboxylic acids is 1. The fourth-order valence-electron chi connectivity index (χ4n) is 5.83. The molecule has 0 N–H and O–H groups in total. The van der Waals surface area contributed by atoms with E-state index in [2.05, 4.69) is 63.6 Å². The minimum Gasteiger partial charge on any atom is -0.462 e. The van der Waals surface area contributed by atoms with Gasteiger partial charge in [0.15, 0.2) is 0 Å². The first-order valence-corrected chi connectivity index (χ1v) is 11.9. The average Bonchev–Trinajstić information content (AvgIpc) is 3.28. The number of aromatic nitrogens is 2. The summed E-state index contributed by atoms with van der Waals surface area (Å²) in [5, 5.41) is 8.73. The number of benzene rings is 2. The molecular weight excluding hydrogens is 414 g/mol. The van der Waals surface area contributed by atoms with Crippen LogP contribution in [0.4, 0.5) is 0 Å². The molecule has 6 nitrogen and oxygen atoms in total. The maximum Gasteiger partial charge on any atom is 0.302 e.